The van der Waals surface area contributed by atoms with E-state index in [2.05, 4.69) is 10.5 Å². The molecule has 150 valence electrons. The van der Waals surface area contributed by atoms with E-state index in [-0.39, 0.29) is 17.2 Å². The number of sulfonamides is 1. The minimum Gasteiger partial charge on any atom is -0.493 e. The third kappa shape index (κ3) is 5.30. The molecule has 28 heavy (non-hydrogen) atoms. The molecule has 2 rings (SSSR count). The first kappa shape index (κ1) is 21.4. The van der Waals surface area contributed by atoms with Crippen molar-refractivity contribution in [2.24, 2.45) is 5.10 Å². The lowest BCUT2D eigenvalue weighted by atomic mass is 10.2. The Morgan fingerprint density at radius 1 is 1.14 bits per heavy atom. The number of likely N-dealkylation sites (N-methyl/N-ethyl adjacent to an activating group) is 1. The number of hydrogen-bond donors (Lipinski definition) is 1. The number of nitrogens with zero attached hydrogens (tertiary/aromatic N) is 2. The summed E-state index contributed by atoms with van der Waals surface area (Å²) in [6.07, 6.45) is 1.49. The third-order valence-electron chi connectivity index (χ3n) is 3.87. The molecule has 2 aromatic rings. The smallest absolute Gasteiger partial charge is 0.255 e. The quantitative estimate of drug-likeness (QED) is 0.533. The molecular weight excluding hydrogens is 382 g/mol. The molecule has 0 saturated carbocycles. The molecule has 0 bridgehead atoms. The van der Waals surface area contributed by atoms with Crippen LogP contribution < -0.4 is 14.9 Å². The molecule has 0 aliphatic carbocycles. The van der Waals surface area contributed by atoms with Crippen LogP contribution >= 0.6 is 0 Å². The van der Waals surface area contributed by atoms with Gasteiger partial charge in [0.1, 0.15) is 0 Å². The molecule has 0 saturated heterocycles. The van der Waals surface area contributed by atoms with E-state index in [1.165, 1.54) is 45.7 Å². The van der Waals surface area contributed by atoms with E-state index in [1.54, 1.807) is 0 Å². The van der Waals surface area contributed by atoms with Crippen LogP contribution in [0.2, 0.25) is 0 Å². The maximum Gasteiger partial charge on any atom is 0.255 e. The fourth-order valence-electron chi connectivity index (χ4n) is 2.41. The number of benzene rings is 2. The predicted octanol–water partition coefficient (Wildman–Crippen LogP) is 1.78. The second-order valence-electron chi connectivity index (χ2n) is 5.99. The first-order valence-electron chi connectivity index (χ1n) is 8.35. The number of hydrogen-bond acceptors (Lipinski definition) is 6. The zero-order valence-corrected chi connectivity index (χ0v) is 17.0. The molecule has 0 aromatic heterocycles. The summed E-state index contributed by atoms with van der Waals surface area (Å²) in [4.78, 5) is 12.0. The van der Waals surface area contributed by atoms with Crippen LogP contribution in [0.4, 0.5) is 0 Å². The van der Waals surface area contributed by atoms with Crippen molar-refractivity contribution in [3.05, 3.63) is 53.6 Å². The van der Waals surface area contributed by atoms with E-state index < -0.39 is 15.9 Å². The molecular formula is C19H23N3O5S. The first-order chi connectivity index (χ1) is 13.3. The fraction of sp³-hybridized carbons (Fsp3) is 0.263. The number of aryl methyl sites for hydroxylation is 1. The molecule has 0 spiro atoms. The van der Waals surface area contributed by atoms with Gasteiger partial charge in [-0.15, -0.1) is 0 Å². The van der Waals surface area contributed by atoms with Gasteiger partial charge < -0.3 is 9.47 Å². The Morgan fingerprint density at radius 3 is 2.50 bits per heavy atom. The highest BCUT2D eigenvalue weighted by atomic mass is 32.2. The van der Waals surface area contributed by atoms with Crippen LogP contribution in [0, 0.1) is 6.92 Å². The van der Waals surface area contributed by atoms with E-state index in [4.69, 9.17) is 9.47 Å². The molecule has 0 heterocycles. The number of methoxy groups -OCH3 is 2. The summed E-state index contributed by atoms with van der Waals surface area (Å²) in [5.74, 6) is 0.131. The number of carbonyl (C=O) groups excluding carboxylic acids is 1. The van der Waals surface area contributed by atoms with E-state index >= 15 is 0 Å². The highest BCUT2D eigenvalue weighted by Gasteiger charge is 2.24. The molecule has 0 radical (unpaired) electrons. The molecule has 0 aliphatic rings. The van der Waals surface area contributed by atoms with E-state index in [0.29, 0.717) is 5.75 Å². The molecule has 2 aromatic carbocycles. The second kappa shape index (κ2) is 9.34. The van der Waals surface area contributed by atoms with Gasteiger partial charge >= 0.3 is 0 Å². The van der Waals surface area contributed by atoms with Gasteiger partial charge in [0.2, 0.25) is 10.0 Å². The van der Waals surface area contributed by atoms with E-state index in [9.17, 15) is 13.2 Å². The van der Waals surface area contributed by atoms with Crippen molar-refractivity contribution in [2.45, 2.75) is 11.8 Å². The minimum absolute atomic E-state index is 0.0105. The summed E-state index contributed by atoms with van der Waals surface area (Å²) in [5.41, 5.74) is 4.22. The second-order valence-corrected chi connectivity index (χ2v) is 8.03. The summed E-state index contributed by atoms with van der Waals surface area (Å²) >= 11 is 0. The Kier molecular flexibility index (Phi) is 7.13. The van der Waals surface area contributed by atoms with Crippen molar-refractivity contribution >= 4 is 22.1 Å². The van der Waals surface area contributed by atoms with Crippen molar-refractivity contribution in [1.29, 1.82) is 0 Å². The van der Waals surface area contributed by atoms with Gasteiger partial charge in [-0.25, -0.2) is 13.8 Å². The van der Waals surface area contributed by atoms with Crippen molar-refractivity contribution in [2.75, 3.05) is 27.8 Å². The van der Waals surface area contributed by atoms with Gasteiger partial charge in [0.05, 0.1) is 31.9 Å². The highest BCUT2D eigenvalue weighted by Crippen LogP contribution is 2.30. The maximum atomic E-state index is 12.7. The Morgan fingerprint density at radius 2 is 1.86 bits per heavy atom. The van der Waals surface area contributed by atoms with Crippen LogP contribution in [-0.2, 0) is 14.8 Å². The number of nitrogens with one attached hydrogen (secondary N) is 1. The van der Waals surface area contributed by atoms with Crippen molar-refractivity contribution < 1.29 is 22.7 Å². The first-order valence-corrected chi connectivity index (χ1v) is 9.79. The summed E-state index contributed by atoms with van der Waals surface area (Å²) in [7, 11) is 0.298. The molecule has 8 nitrogen and oxygen atoms in total. The molecule has 0 unspecified atom stereocenters. The summed E-state index contributed by atoms with van der Waals surface area (Å²) < 4.78 is 36.5. The van der Waals surface area contributed by atoms with E-state index in [1.807, 2.05) is 31.2 Å². The standard InChI is InChI=1S/C19H23N3O5S/c1-14-6-5-7-15(10-14)12-20-21-19(23)13-22(2)28(24,25)16-8-9-17(26-3)18(11-16)27-4/h5-12H,13H2,1-4H3,(H,21,23). The van der Waals surface area contributed by atoms with Gasteiger partial charge in [0, 0.05) is 13.1 Å². The van der Waals surface area contributed by atoms with Crippen molar-refractivity contribution in [3.8, 4) is 11.5 Å². The number of amides is 1. The Bertz CT molecular complexity index is 973. The van der Waals surface area contributed by atoms with Gasteiger partial charge in [-0.3, -0.25) is 4.79 Å². The number of hydrazone groups is 1. The van der Waals surface area contributed by atoms with E-state index in [0.717, 1.165) is 15.4 Å². The maximum absolute atomic E-state index is 12.7. The average Bonchev–Trinajstić information content (AvgIpc) is 2.67. The third-order valence-corrected chi connectivity index (χ3v) is 5.67. The zero-order chi connectivity index (χ0) is 20.7. The van der Waals surface area contributed by atoms with Crippen LogP contribution in [0.25, 0.3) is 0 Å². The van der Waals surface area contributed by atoms with Crippen LogP contribution in [0.3, 0.4) is 0 Å². The normalized spacial score (nSPS) is 11.6. The molecule has 1 amide bonds. The average molecular weight is 405 g/mol. The van der Waals surface area contributed by atoms with Gasteiger partial charge in [0.25, 0.3) is 5.91 Å². The topological polar surface area (TPSA) is 97.3 Å². The SMILES string of the molecule is COc1ccc(S(=O)(=O)N(C)CC(=O)NN=Cc2cccc(C)c2)cc1OC. The number of rotatable bonds is 8. The van der Waals surface area contributed by atoms with Crippen LogP contribution in [0.1, 0.15) is 11.1 Å². The summed E-state index contributed by atoms with van der Waals surface area (Å²) in [6, 6.07) is 11.8. The fourth-order valence-corrected chi connectivity index (χ4v) is 3.55. The molecule has 0 aliphatic heterocycles. The zero-order valence-electron chi connectivity index (χ0n) is 16.2. The van der Waals surface area contributed by atoms with Crippen LogP contribution in [0.5, 0.6) is 11.5 Å². The molecule has 1 N–H and O–H groups in total. The Hall–Kier alpha value is -2.91. The van der Waals surface area contributed by atoms with Gasteiger partial charge in [-0.1, -0.05) is 29.8 Å². The Labute approximate surface area is 164 Å². The van der Waals surface area contributed by atoms with Gasteiger partial charge in [-0.2, -0.15) is 9.41 Å². The van der Waals surface area contributed by atoms with Crippen LogP contribution in [-0.4, -0.2) is 52.7 Å². The largest absolute Gasteiger partial charge is 0.493 e. The van der Waals surface area contributed by atoms with Gasteiger partial charge in [0.15, 0.2) is 11.5 Å². The lowest BCUT2D eigenvalue weighted by molar-refractivity contribution is -0.121. The van der Waals surface area contributed by atoms with Crippen molar-refractivity contribution in [3.63, 3.8) is 0 Å². The monoisotopic (exact) mass is 405 g/mol. The minimum atomic E-state index is -3.89. The number of carbonyl (C=O) groups is 1. The highest BCUT2D eigenvalue weighted by molar-refractivity contribution is 7.89. The summed E-state index contributed by atoms with van der Waals surface area (Å²) in [6.45, 7) is 1.56. The van der Waals surface area contributed by atoms with Crippen LogP contribution in [0.15, 0.2) is 52.5 Å². The number of ether oxygens (including phenoxy) is 2. The lowest BCUT2D eigenvalue weighted by Gasteiger charge is -2.17. The van der Waals surface area contributed by atoms with Crippen molar-refractivity contribution in [1.82, 2.24) is 9.73 Å². The summed E-state index contributed by atoms with van der Waals surface area (Å²) in [5, 5.41) is 3.86. The molecule has 0 atom stereocenters. The molecule has 9 heteroatoms. The van der Waals surface area contributed by atoms with Gasteiger partial charge in [-0.05, 0) is 24.6 Å². The predicted molar refractivity (Wildman–Crippen MR) is 106 cm³/mol. The molecule has 0 fully saturated rings. The lowest BCUT2D eigenvalue weighted by Crippen LogP contribution is -2.36. The Balaban J connectivity index is 2.04.